The van der Waals surface area contributed by atoms with E-state index in [4.69, 9.17) is 0 Å². The molecule has 1 aromatic rings. The number of piperazine rings is 1. The van der Waals surface area contributed by atoms with Crippen LogP contribution in [-0.2, 0) is 17.8 Å². The topological polar surface area (TPSA) is 32.3 Å². The molecule has 0 aromatic carbocycles. The predicted molar refractivity (Wildman–Crippen MR) is 71.2 cm³/mol. The van der Waals surface area contributed by atoms with Crippen LogP contribution in [0.1, 0.15) is 30.5 Å². The van der Waals surface area contributed by atoms with Gasteiger partial charge in [-0.1, -0.05) is 6.92 Å². The van der Waals surface area contributed by atoms with Crippen LogP contribution in [0.15, 0.2) is 12.1 Å². The molecule has 1 fully saturated rings. The molecular weight excluding hydrogens is 232 g/mol. The van der Waals surface area contributed by atoms with Gasteiger partial charge >= 0.3 is 0 Å². The fourth-order valence-electron chi connectivity index (χ4n) is 2.11. The maximum Gasteiger partial charge on any atom is 0.242 e. The van der Waals surface area contributed by atoms with E-state index < -0.39 is 5.54 Å². The van der Waals surface area contributed by atoms with Gasteiger partial charge in [-0.2, -0.15) is 0 Å². The molecule has 0 atom stereocenters. The number of carbonyl (C=O) groups is 1. The summed E-state index contributed by atoms with van der Waals surface area (Å²) in [5, 5.41) is 3.25. The van der Waals surface area contributed by atoms with Crippen molar-refractivity contribution in [2.45, 2.75) is 39.3 Å². The van der Waals surface area contributed by atoms with Crippen LogP contribution in [0.4, 0.5) is 0 Å². The highest BCUT2D eigenvalue weighted by Gasteiger charge is 2.35. The Kier molecular flexibility index (Phi) is 3.54. The van der Waals surface area contributed by atoms with Crippen LogP contribution in [0, 0.1) is 0 Å². The Labute approximate surface area is 107 Å². The van der Waals surface area contributed by atoms with Crippen LogP contribution >= 0.6 is 11.3 Å². The van der Waals surface area contributed by atoms with Crippen molar-refractivity contribution in [1.82, 2.24) is 10.2 Å². The monoisotopic (exact) mass is 252 g/mol. The van der Waals surface area contributed by atoms with E-state index in [1.165, 1.54) is 9.75 Å². The third kappa shape index (κ3) is 2.69. The standard InChI is InChI=1S/C13H20N2OS/c1-4-10-5-6-11(17-10)9-15-8-7-14-13(2,3)12(15)16/h5-6,14H,4,7-9H2,1-3H3. The zero-order chi connectivity index (χ0) is 12.5. The third-order valence-electron chi connectivity index (χ3n) is 3.18. The second-order valence-electron chi connectivity index (χ2n) is 5.00. The van der Waals surface area contributed by atoms with Crippen LogP contribution in [0.5, 0.6) is 0 Å². The minimum Gasteiger partial charge on any atom is -0.335 e. The van der Waals surface area contributed by atoms with Gasteiger partial charge in [-0.25, -0.2) is 0 Å². The van der Waals surface area contributed by atoms with Gasteiger partial charge in [0.15, 0.2) is 0 Å². The molecule has 1 aromatic heterocycles. The first-order valence-electron chi connectivity index (χ1n) is 6.15. The molecule has 2 rings (SSSR count). The summed E-state index contributed by atoms with van der Waals surface area (Å²) >= 11 is 1.81. The number of rotatable bonds is 3. The van der Waals surface area contributed by atoms with Crippen LogP contribution in [-0.4, -0.2) is 29.4 Å². The number of nitrogens with zero attached hydrogens (tertiary/aromatic N) is 1. The number of hydrogen-bond donors (Lipinski definition) is 1. The van der Waals surface area contributed by atoms with Gasteiger partial charge in [0.05, 0.1) is 12.1 Å². The summed E-state index contributed by atoms with van der Waals surface area (Å²) in [5.41, 5.74) is -0.414. The van der Waals surface area contributed by atoms with Crippen molar-refractivity contribution in [2.75, 3.05) is 13.1 Å². The Morgan fingerprint density at radius 3 is 2.76 bits per heavy atom. The molecule has 0 saturated carbocycles. The smallest absolute Gasteiger partial charge is 0.242 e. The molecular formula is C13H20N2OS. The van der Waals surface area contributed by atoms with E-state index in [1.807, 2.05) is 30.1 Å². The maximum absolute atomic E-state index is 12.2. The molecule has 1 aliphatic heterocycles. The van der Waals surface area contributed by atoms with Crippen molar-refractivity contribution in [3.8, 4) is 0 Å². The second kappa shape index (κ2) is 4.78. The van der Waals surface area contributed by atoms with Crippen molar-refractivity contribution in [3.05, 3.63) is 21.9 Å². The van der Waals surface area contributed by atoms with Gasteiger partial charge < -0.3 is 10.2 Å². The second-order valence-corrected chi connectivity index (χ2v) is 6.25. The maximum atomic E-state index is 12.2. The van der Waals surface area contributed by atoms with E-state index in [0.29, 0.717) is 0 Å². The number of hydrogen-bond acceptors (Lipinski definition) is 3. The number of nitrogens with one attached hydrogen (secondary N) is 1. The summed E-state index contributed by atoms with van der Waals surface area (Å²) in [6, 6.07) is 4.31. The normalized spacial score (nSPS) is 19.7. The zero-order valence-electron chi connectivity index (χ0n) is 10.7. The first-order valence-corrected chi connectivity index (χ1v) is 6.96. The summed E-state index contributed by atoms with van der Waals surface area (Å²) < 4.78 is 0. The van der Waals surface area contributed by atoms with Gasteiger partial charge in [-0.3, -0.25) is 4.79 Å². The molecule has 1 aliphatic rings. The molecule has 2 heterocycles. The molecule has 0 bridgehead atoms. The average Bonchev–Trinajstić information content (AvgIpc) is 2.72. The molecule has 94 valence electrons. The fourth-order valence-corrected chi connectivity index (χ4v) is 3.09. The lowest BCUT2D eigenvalue weighted by Gasteiger charge is -2.37. The lowest BCUT2D eigenvalue weighted by atomic mass is 10.0. The van der Waals surface area contributed by atoms with E-state index in [9.17, 15) is 4.79 Å². The molecule has 1 amide bonds. The molecule has 0 radical (unpaired) electrons. The molecule has 1 saturated heterocycles. The first-order chi connectivity index (χ1) is 8.03. The number of amides is 1. The van der Waals surface area contributed by atoms with E-state index >= 15 is 0 Å². The molecule has 0 unspecified atom stereocenters. The highest BCUT2D eigenvalue weighted by molar-refractivity contribution is 7.11. The molecule has 4 heteroatoms. The Balaban J connectivity index is 2.05. The minimum absolute atomic E-state index is 0.204. The summed E-state index contributed by atoms with van der Waals surface area (Å²) in [6.07, 6.45) is 1.08. The molecule has 0 aliphatic carbocycles. The van der Waals surface area contributed by atoms with Gasteiger partial charge in [0.1, 0.15) is 0 Å². The summed E-state index contributed by atoms with van der Waals surface area (Å²) in [5.74, 6) is 0.204. The number of thiophene rings is 1. The van der Waals surface area contributed by atoms with Gasteiger partial charge in [-0.15, -0.1) is 11.3 Å². The summed E-state index contributed by atoms with van der Waals surface area (Å²) in [7, 11) is 0. The largest absolute Gasteiger partial charge is 0.335 e. The van der Waals surface area contributed by atoms with Gasteiger partial charge in [0.25, 0.3) is 0 Å². The van der Waals surface area contributed by atoms with Crippen molar-refractivity contribution < 1.29 is 4.79 Å². The fraction of sp³-hybridized carbons (Fsp3) is 0.615. The Hall–Kier alpha value is -0.870. The van der Waals surface area contributed by atoms with E-state index in [1.54, 1.807) is 0 Å². The van der Waals surface area contributed by atoms with E-state index in [0.717, 1.165) is 26.1 Å². The summed E-state index contributed by atoms with van der Waals surface area (Å²) in [6.45, 7) is 8.51. The Morgan fingerprint density at radius 2 is 2.12 bits per heavy atom. The highest BCUT2D eigenvalue weighted by Crippen LogP contribution is 2.21. The Morgan fingerprint density at radius 1 is 1.41 bits per heavy atom. The number of aryl methyl sites for hydroxylation is 1. The zero-order valence-corrected chi connectivity index (χ0v) is 11.6. The first kappa shape index (κ1) is 12.6. The molecule has 17 heavy (non-hydrogen) atoms. The van der Waals surface area contributed by atoms with Gasteiger partial charge in [0.2, 0.25) is 5.91 Å². The highest BCUT2D eigenvalue weighted by atomic mass is 32.1. The summed E-state index contributed by atoms with van der Waals surface area (Å²) in [4.78, 5) is 16.8. The van der Waals surface area contributed by atoms with Gasteiger partial charge in [0, 0.05) is 22.8 Å². The third-order valence-corrected chi connectivity index (χ3v) is 4.40. The average molecular weight is 252 g/mol. The van der Waals surface area contributed by atoms with Crippen molar-refractivity contribution >= 4 is 17.2 Å². The molecule has 1 N–H and O–H groups in total. The van der Waals surface area contributed by atoms with Gasteiger partial charge in [-0.05, 0) is 32.4 Å². The van der Waals surface area contributed by atoms with Crippen LogP contribution in [0.2, 0.25) is 0 Å². The van der Waals surface area contributed by atoms with Crippen molar-refractivity contribution in [1.29, 1.82) is 0 Å². The van der Waals surface area contributed by atoms with E-state index in [2.05, 4.69) is 24.4 Å². The van der Waals surface area contributed by atoms with Crippen LogP contribution in [0.3, 0.4) is 0 Å². The predicted octanol–water partition coefficient (Wildman–Crippen LogP) is 2.02. The number of carbonyl (C=O) groups excluding carboxylic acids is 1. The lowest BCUT2D eigenvalue weighted by Crippen LogP contribution is -2.60. The lowest BCUT2D eigenvalue weighted by molar-refractivity contribution is -0.140. The minimum atomic E-state index is -0.414. The Bertz CT molecular complexity index is 411. The SMILES string of the molecule is CCc1ccc(CN2CCNC(C)(C)C2=O)s1. The molecule has 3 nitrogen and oxygen atoms in total. The van der Waals surface area contributed by atoms with Crippen molar-refractivity contribution in [3.63, 3.8) is 0 Å². The van der Waals surface area contributed by atoms with Crippen LogP contribution in [0.25, 0.3) is 0 Å². The van der Waals surface area contributed by atoms with Crippen molar-refractivity contribution in [2.24, 2.45) is 0 Å². The molecule has 0 spiro atoms. The quantitative estimate of drug-likeness (QED) is 0.892. The van der Waals surface area contributed by atoms with Crippen LogP contribution < -0.4 is 5.32 Å². The van der Waals surface area contributed by atoms with E-state index in [-0.39, 0.29) is 5.91 Å².